The van der Waals surface area contributed by atoms with Crippen molar-refractivity contribution in [2.75, 3.05) is 14.2 Å². The van der Waals surface area contributed by atoms with E-state index < -0.39 is 0 Å². The van der Waals surface area contributed by atoms with Gasteiger partial charge in [0.2, 0.25) is 0 Å². The molecule has 2 rings (SSSR count). The van der Waals surface area contributed by atoms with Crippen LogP contribution in [0.15, 0.2) is 72.0 Å². The number of carbonyl (C=O) groups is 1. The van der Waals surface area contributed by atoms with Crippen molar-refractivity contribution in [1.29, 1.82) is 0 Å². The molecule has 0 radical (unpaired) electrons. The van der Waals surface area contributed by atoms with Crippen molar-refractivity contribution in [3.8, 4) is 16.9 Å². The zero-order valence-electron chi connectivity index (χ0n) is 21.1. The van der Waals surface area contributed by atoms with Crippen LogP contribution in [0.2, 0.25) is 0 Å². The molecule has 3 nitrogen and oxygen atoms in total. The van der Waals surface area contributed by atoms with Gasteiger partial charge in [-0.15, -0.1) is 0 Å². The number of ether oxygens (including phenoxy) is 2. The molecule has 0 heterocycles. The van der Waals surface area contributed by atoms with E-state index in [1.54, 1.807) is 14.2 Å². The first-order chi connectivity index (χ1) is 15.3. The molecule has 0 N–H and O–H groups in total. The quantitative estimate of drug-likeness (QED) is 0.226. The molecule has 0 aliphatic heterocycles. The Hall–Kier alpha value is -2.81. The van der Waals surface area contributed by atoms with Crippen molar-refractivity contribution >= 4 is 5.78 Å². The average Bonchev–Trinajstić information content (AvgIpc) is 2.83. The maximum absolute atomic E-state index is 12.1. The summed E-state index contributed by atoms with van der Waals surface area (Å²) in [6.07, 6.45) is 6.31. The van der Waals surface area contributed by atoms with E-state index in [1.165, 1.54) is 5.57 Å². The minimum absolute atomic E-state index is 0.0850. The van der Waals surface area contributed by atoms with Gasteiger partial charge in [0.05, 0.1) is 20.0 Å². The smallest absolute Gasteiger partial charge is 0.165 e. The Morgan fingerprint density at radius 2 is 1.44 bits per heavy atom. The highest BCUT2D eigenvalue weighted by Gasteiger charge is 2.12. The van der Waals surface area contributed by atoms with Gasteiger partial charge in [0.15, 0.2) is 5.78 Å². The van der Waals surface area contributed by atoms with Gasteiger partial charge in [0.1, 0.15) is 5.75 Å². The first-order valence-corrected chi connectivity index (χ1v) is 11.5. The lowest BCUT2D eigenvalue weighted by Crippen LogP contribution is -2.09. The summed E-state index contributed by atoms with van der Waals surface area (Å²) in [6, 6.07) is 15.7. The number of Topliss-reactive ketones (excluding diaryl/α,β-unsaturated/α-hetero) is 1. The van der Waals surface area contributed by atoms with E-state index in [0.29, 0.717) is 5.92 Å². The van der Waals surface area contributed by atoms with Crippen LogP contribution < -0.4 is 4.74 Å². The molecule has 0 aromatic heterocycles. The van der Waals surface area contributed by atoms with E-state index in [9.17, 15) is 4.79 Å². The molecule has 174 valence electrons. The molecule has 0 aliphatic rings. The summed E-state index contributed by atoms with van der Waals surface area (Å²) in [7, 11) is 3.36. The SMILES string of the molecule is CC/C=C(\C=C(/C)OC)C(C)C.CCC(C)C(=O)c1ccc(-c2ccc(OC)cc2)cc1. The number of carbonyl (C=O) groups excluding carboxylic acids is 1. The Bertz CT molecular complexity index is 872. The lowest BCUT2D eigenvalue weighted by Gasteiger charge is -2.08. The van der Waals surface area contributed by atoms with Crippen molar-refractivity contribution in [2.45, 2.75) is 54.4 Å². The molecular weight excluding hydrogens is 396 g/mol. The Labute approximate surface area is 195 Å². The molecule has 2 aromatic rings. The first-order valence-electron chi connectivity index (χ1n) is 11.5. The molecule has 0 bridgehead atoms. The Kier molecular flexibility index (Phi) is 12.2. The predicted octanol–water partition coefficient (Wildman–Crippen LogP) is 8.12. The summed E-state index contributed by atoms with van der Waals surface area (Å²) in [4.78, 5) is 12.1. The number of benzene rings is 2. The molecule has 1 unspecified atom stereocenters. The van der Waals surface area contributed by atoms with Gasteiger partial charge in [-0.3, -0.25) is 4.79 Å². The lowest BCUT2D eigenvalue weighted by atomic mass is 9.95. The number of allylic oxidation sites excluding steroid dienone is 4. The average molecular weight is 437 g/mol. The second-order valence-electron chi connectivity index (χ2n) is 8.21. The van der Waals surface area contributed by atoms with E-state index in [-0.39, 0.29) is 11.7 Å². The van der Waals surface area contributed by atoms with Gasteiger partial charge in [-0.05, 0) is 60.6 Å². The fourth-order valence-electron chi connectivity index (χ4n) is 3.07. The summed E-state index contributed by atoms with van der Waals surface area (Å²) < 4.78 is 10.2. The second-order valence-corrected chi connectivity index (χ2v) is 8.21. The first kappa shape index (κ1) is 27.2. The summed E-state index contributed by atoms with van der Waals surface area (Å²) in [5, 5.41) is 0. The van der Waals surface area contributed by atoms with Crippen molar-refractivity contribution in [1.82, 2.24) is 0 Å². The van der Waals surface area contributed by atoms with Crippen LogP contribution in [0.4, 0.5) is 0 Å². The third kappa shape index (κ3) is 8.74. The van der Waals surface area contributed by atoms with Gasteiger partial charge in [0, 0.05) is 11.5 Å². The highest BCUT2D eigenvalue weighted by atomic mass is 16.5. The van der Waals surface area contributed by atoms with Crippen LogP contribution in [-0.4, -0.2) is 20.0 Å². The van der Waals surface area contributed by atoms with Gasteiger partial charge in [-0.2, -0.15) is 0 Å². The summed E-state index contributed by atoms with van der Waals surface area (Å²) in [5.74, 6) is 2.70. The number of methoxy groups -OCH3 is 2. The molecule has 2 aromatic carbocycles. The van der Waals surface area contributed by atoms with E-state index >= 15 is 0 Å². The van der Waals surface area contributed by atoms with Crippen molar-refractivity contribution in [2.24, 2.45) is 11.8 Å². The van der Waals surface area contributed by atoms with Crippen LogP contribution in [0.1, 0.15) is 64.7 Å². The molecule has 0 fully saturated rings. The summed E-state index contributed by atoms with van der Waals surface area (Å²) in [5.41, 5.74) is 4.37. The molecule has 0 aliphatic carbocycles. The number of hydrogen-bond donors (Lipinski definition) is 0. The third-order valence-electron chi connectivity index (χ3n) is 5.45. The van der Waals surface area contributed by atoms with Gasteiger partial charge < -0.3 is 9.47 Å². The van der Waals surface area contributed by atoms with Crippen LogP contribution in [-0.2, 0) is 4.74 Å². The van der Waals surface area contributed by atoms with Gasteiger partial charge in [-0.1, -0.05) is 77.1 Å². The zero-order chi connectivity index (χ0) is 24.1. The largest absolute Gasteiger partial charge is 0.501 e. The molecule has 1 atom stereocenters. The fourth-order valence-corrected chi connectivity index (χ4v) is 3.07. The Morgan fingerprint density at radius 1 is 0.906 bits per heavy atom. The van der Waals surface area contributed by atoms with Gasteiger partial charge in [-0.25, -0.2) is 0 Å². The van der Waals surface area contributed by atoms with Gasteiger partial charge in [0.25, 0.3) is 0 Å². The van der Waals surface area contributed by atoms with Crippen molar-refractivity contribution in [3.05, 3.63) is 77.6 Å². The van der Waals surface area contributed by atoms with Crippen molar-refractivity contribution in [3.63, 3.8) is 0 Å². The fraction of sp³-hybridized carbons (Fsp3) is 0.414. The Balaban J connectivity index is 0.000000368. The Morgan fingerprint density at radius 3 is 1.84 bits per heavy atom. The van der Waals surface area contributed by atoms with Crippen LogP contribution in [0.25, 0.3) is 11.1 Å². The van der Waals surface area contributed by atoms with Crippen LogP contribution in [0.3, 0.4) is 0 Å². The zero-order valence-corrected chi connectivity index (χ0v) is 21.1. The molecule has 32 heavy (non-hydrogen) atoms. The highest BCUT2D eigenvalue weighted by Crippen LogP contribution is 2.23. The maximum atomic E-state index is 12.1. The standard InChI is InChI=1S/C18H20O2.C11H20O/c1-4-13(2)18(19)16-7-5-14(6-8-16)15-9-11-17(20-3)12-10-15;1-6-7-11(9(2)3)8-10(4)12-5/h5-13H,4H2,1-3H3;7-9H,6H2,1-5H3/b;10-8+,11-7+. The van der Waals surface area contributed by atoms with Crippen LogP contribution >= 0.6 is 0 Å². The third-order valence-corrected chi connectivity index (χ3v) is 5.45. The minimum Gasteiger partial charge on any atom is -0.501 e. The molecular formula is C29H40O3. The topological polar surface area (TPSA) is 35.5 Å². The summed E-state index contributed by atoms with van der Waals surface area (Å²) >= 11 is 0. The normalized spacial score (nSPS) is 12.7. The van der Waals surface area contributed by atoms with Gasteiger partial charge >= 0.3 is 0 Å². The number of ketones is 1. The van der Waals surface area contributed by atoms with Crippen LogP contribution in [0.5, 0.6) is 5.75 Å². The number of rotatable bonds is 9. The van der Waals surface area contributed by atoms with E-state index in [1.807, 2.05) is 69.3 Å². The van der Waals surface area contributed by atoms with Crippen molar-refractivity contribution < 1.29 is 14.3 Å². The van der Waals surface area contributed by atoms with E-state index in [2.05, 4.69) is 32.9 Å². The highest BCUT2D eigenvalue weighted by molar-refractivity contribution is 5.98. The van der Waals surface area contributed by atoms with E-state index in [4.69, 9.17) is 9.47 Å². The molecule has 0 amide bonds. The molecule has 0 spiro atoms. The van der Waals surface area contributed by atoms with Crippen LogP contribution in [0, 0.1) is 11.8 Å². The number of hydrogen-bond acceptors (Lipinski definition) is 3. The molecule has 0 saturated carbocycles. The maximum Gasteiger partial charge on any atom is 0.165 e. The second kappa shape index (κ2) is 14.3. The monoisotopic (exact) mass is 436 g/mol. The molecule has 0 saturated heterocycles. The molecule has 3 heteroatoms. The summed E-state index contributed by atoms with van der Waals surface area (Å²) in [6.45, 7) is 12.5. The lowest BCUT2D eigenvalue weighted by molar-refractivity contribution is 0.0927. The predicted molar refractivity (Wildman–Crippen MR) is 136 cm³/mol. The minimum atomic E-state index is 0.0850. The van der Waals surface area contributed by atoms with E-state index in [0.717, 1.165) is 41.0 Å².